The van der Waals surface area contributed by atoms with Crippen LogP contribution in [0, 0.1) is 11.6 Å². The van der Waals surface area contributed by atoms with Crippen LogP contribution in [-0.4, -0.2) is 10.4 Å². The van der Waals surface area contributed by atoms with Gasteiger partial charge in [-0.15, -0.1) is 0 Å². The highest BCUT2D eigenvalue weighted by atomic mass is 19.1. The van der Waals surface area contributed by atoms with Gasteiger partial charge in [-0.05, 0) is 47.9 Å². The Morgan fingerprint density at radius 3 is 2.39 bits per heavy atom. The minimum absolute atomic E-state index is 0.0829. The maximum Gasteiger partial charge on any atom is 0.258 e. The van der Waals surface area contributed by atoms with E-state index in [1.165, 1.54) is 16.7 Å². The number of nitrogens with one attached hydrogen (secondary N) is 1. The lowest BCUT2D eigenvalue weighted by atomic mass is 9.96. The van der Waals surface area contributed by atoms with E-state index in [2.05, 4.69) is 11.9 Å². The molecule has 4 nitrogen and oxygen atoms in total. The van der Waals surface area contributed by atoms with E-state index in [-0.39, 0.29) is 17.0 Å². The molecule has 154 valence electrons. The maximum atomic E-state index is 14.3. The number of carbonyl (C=O) groups is 1. The molecule has 0 atom stereocenters. The molecule has 0 aliphatic rings. The Kier molecular flexibility index (Phi) is 5.21. The lowest BCUT2D eigenvalue weighted by Gasteiger charge is -2.17. The van der Waals surface area contributed by atoms with Crippen molar-refractivity contribution >= 4 is 27.9 Å². The van der Waals surface area contributed by atoms with Crippen LogP contribution in [0.5, 0.6) is 0 Å². The summed E-state index contributed by atoms with van der Waals surface area (Å²) in [6.07, 6.45) is 2.89. The second-order valence-corrected chi connectivity index (χ2v) is 7.08. The topological polar surface area (TPSA) is 51.1 Å². The number of benzene rings is 3. The van der Waals surface area contributed by atoms with E-state index in [1.54, 1.807) is 43.6 Å². The van der Waals surface area contributed by atoms with Crippen LogP contribution in [-0.2, 0) is 7.05 Å². The number of anilines is 2. The number of nitrogens with zero attached hydrogens (tertiary/aromatic N) is 1. The first-order valence-electron chi connectivity index (χ1n) is 9.50. The number of aromatic nitrogens is 1. The zero-order valence-corrected chi connectivity index (χ0v) is 16.7. The highest BCUT2D eigenvalue weighted by Crippen LogP contribution is 2.35. The number of allylic oxidation sites excluding steroid dienone is 1. The Hall–Kier alpha value is -4.06. The summed E-state index contributed by atoms with van der Waals surface area (Å²) in [4.78, 5) is 24.8. The molecule has 0 fully saturated rings. The molecule has 0 saturated heterocycles. The van der Waals surface area contributed by atoms with Crippen LogP contribution in [0.3, 0.4) is 0 Å². The van der Waals surface area contributed by atoms with Crippen molar-refractivity contribution in [2.24, 2.45) is 7.05 Å². The molecule has 0 bridgehead atoms. The predicted molar refractivity (Wildman–Crippen MR) is 119 cm³/mol. The Morgan fingerprint density at radius 2 is 1.68 bits per heavy atom. The van der Waals surface area contributed by atoms with Gasteiger partial charge in [0.2, 0.25) is 0 Å². The number of ketones is 1. The summed E-state index contributed by atoms with van der Waals surface area (Å²) < 4.78 is 29.1. The monoisotopic (exact) mass is 416 g/mol. The second kappa shape index (κ2) is 7.99. The van der Waals surface area contributed by atoms with Gasteiger partial charge in [-0.25, -0.2) is 8.78 Å². The molecule has 0 aliphatic carbocycles. The lowest BCUT2D eigenvalue weighted by molar-refractivity contribution is 0.104. The molecule has 6 heteroatoms. The van der Waals surface area contributed by atoms with Crippen molar-refractivity contribution < 1.29 is 13.6 Å². The summed E-state index contributed by atoms with van der Waals surface area (Å²) in [7, 11) is 1.64. The van der Waals surface area contributed by atoms with Crippen molar-refractivity contribution in [3.05, 3.63) is 107 Å². The minimum atomic E-state index is -0.748. The van der Waals surface area contributed by atoms with Gasteiger partial charge in [-0.1, -0.05) is 24.8 Å². The van der Waals surface area contributed by atoms with Crippen LogP contribution in [0.2, 0.25) is 0 Å². The highest BCUT2D eigenvalue weighted by molar-refractivity contribution is 6.07. The molecule has 1 N–H and O–H groups in total. The number of hydrogen-bond acceptors (Lipinski definition) is 3. The predicted octanol–water partition coefficient (Wildman–Crippen LogP) is 5.60. The molecule has 0 spiro atoms. The molecule has 0 radical (unpaired) electrons. The van der Waals surface area contributed by atoms with E-state index in [9.17, 15) is 18.4 Å². The number of fused-ring (bicyclic) bond motifs is 1. The Bertz CT molecular complexity index is 1410. The molecule has 4 aromatic rings. The average molecular weight is 416 g/mol. The molecule has 4 rings (SSSR count). The van der Waals surface area contributed by atoms with Crippen molar-refractivity contribution in [3.8, 4) is 11.1 Å². The zero-order chi connectivity index (χ0) is 22.1. The van der Waals surface area contributed by atoms with Crippen molar-refractivity contribution in [2.75, 3.05) is 5.32 Å². The van der Waals surface area contributed by atoms with Gasteiger partial charge in [-0.2, -0.15) is 0 Å². The van der Waals surface area contributed by atoms with Crippen LogP contribution >= 0.6 is 0 Å². The molecule has 1 heterocycles. The van der Waals surface area contributed by atoms with Gasteiger partial charge in [-0.3, -0.25) is 9.59 Å². The number of hydrogen-bond donors (Lipinski definition) is 1. The normalized spacial score (nSPS) is 10.8. The number of pyridine rings is 1. The first-order chi connectivity index (χ1) is 14.9. The first kappa shape index (κ1) is 20.2. The molecule has 1 aromatic heterocycles. The molecule has 3 aromatic carbocycles. The van der Waals surface area contributed by atoms with E-state index in [1.807, 2.05) is 12.1 Å². The van der Waals surface area contributed by atoms with Gasteiger partial charge in [0.05, 0.1) is 5.69 Å². The standard InChI is InChI=1S/C25H18F2N2O2/c1-3-24(30)15-8-10-22(28-23-11-9-16(26)13-21(23)27)19(12-15)20-14-29(2)25(31)18-7-5-4-6-17(18)20/h3-14,28H,1H2,2H3. The SMILES string of the molecule is C=CC(=O)c1ccc(Nc2ccc(F)cc2F)c(-c2cn(C)c(=O)c3ccccc23)c1. The lowest BCUT2D eigenvalue weighted by Crippen LogP contribution is -2.16. The van der Waals surface area contributed by atoms with Crippen molar-refractivity contribution in [2.45, 2.75) is 0 Å². The van der Waals surface area contributed by atoms with Crippen molar-refractivity contribution in [1.29, 1.82) is 0 Å². The smallest absolute Gasteiger partial charge is 0.258 e. The van der Waals surface area contributed by atoms with E-state index in [0.717, 1.165) is 12.1 Å². The summed E-state index contributed by atoms with van der Waals surface area (Å²) in [6.45, 7) is 3.53. The molecule has 0 saturated carbocycles. The molecule has 31 heavy (non-hydrogen) atoms. The maximum absolute atomic E-state index is 14.3. The molecule has 0 aliphatic heterocycles. The third-order valence-electron chi connectivity index (χ3n) is 5.07. The number of carbonyl (C=O) groups excluding carboxylic acids is 1. The summed E-state index contributed by atoms with van der Waals surface area (Å²) >= 11 is 0. The van der Waals surface area contributed by atoms with Gasteiger partial charge in [0.1, 0.15) is 11.6 Å². The molecule has 0 amide bonds. The number of aryl methyl sites for hydroxylation is 1. The van der Waals surface area contributed by atoms with Crippen LogP contribution in [0.15, 0.2) is 84.3 Å². The van der Waals surface area contributed by atoms with E-state index < -0.39 is 11.6 Å². The first-order valence-corrected chi connectivity index (χ1v) is 9.50. The highest BCUT2D eigenvalue weighted by Gasteiger charge is 2.16. The van der Waals surface area contributed by atoms with Gasteiger partial charge < -0.3 is 9.88 Å². The van der Waals surface area contributed by atoms with Crippen LogP contribution in [0.4, 0.5) is 20.2 Å². The Balaban J connectivity index is 1.99. The summed E-state index contributed by atoms with van der Waals surface area (Å²) in [5.74, 6) is -1.70. The third-order valence-corrected chi connectivity index (χ3v) is 5.07. The third kappa shape index (κ3) is 3.75. The fourth-order valence-corrected chi connectivity index (χ4v) is 3.51. The Labute approximate surface area is 177 Å². The quantitative estimate of drug-likeness (QED) is 0.341. The van der Waals surface area contributed by atoms with E-state index in [4.69, 9.17) is 0 Å². The van der Waals surface area contributed by atoms with E-state index >= 15 is 0 Å². The number of rotatable bonds is 5. The minimum Gasteiger partial charge on any atom is -0.353 e. The molecule has 0 unspecified atom stereocenters. The van der Waals surface area contributed by atoms with Crippen LogP contribution < -0.4 is 10.9 Å². The average Bonchev–Trinajstić information content (AvgIpc) is 2.78. The number of halogens is 2. The van der Waals surface area contributed by atoms with Gasteiger partial charge in [0.25, 0.3) is 5.56 Å². The zero-order valence-electron chi connectivity index (χ0n) is 16.7. The van der Waals surface area contributed by atoms with Gasteiger partial charge >= 0.3 is 0 Å². The fourth-order valence-electron chi connectivity index (χ4n) is 3.51. The summed E-state index contributed by atoms with van der Waals surface area (Å²) in [5, 5.41) is 4.19. The molecular weight excluding hydrogens is 398 g/mol. The largest absolute Gasteiger partial charge is 0.353 e. The van der Waals surface area contributed by atoms with Crippen molar-refractivity contribution in [3.63, 3.8) is 0 Å². The molecular formula is C25H18F2N2O2. The van der Waals surface area contributed by atoms with Crippen LogP contribution in [0.25, 0.3) is 21.9 Å². The van der Waals surface area contributed by atoms with Crippen LogP contribution in [0.1, 0.15) is 10.4 Å². The summed E-state index contributed by atoms with van der Waals surface area (Å²) in [6, 6.07) is 15.3. The van der Waals surface area contributed by atoms with Gasteiger partial charge in [0, 0.05) is 47.1 Å². The van der Waals surface area contributed by atoms with E-state index in [0.29, 0.717) is 33.2 Å². The van der Waals surface area contributed by atoms with Crippen molar-refractivity contribution in [1.82, 2.24) is 4.57 Å². The Morgan fingerprint density at radius 1 is 0.968 bits per heavy atom. The fraction of sp³-hybridized carbons (Fsp3) is 0.0400. The van der Waals surface area contributed by atoms with Gasteiger partial charge in [0.15, 0.2) is 5.78 Å². The summed E-state index contributed by atoms with van der Waals surface area (Å²) in [5.41, 5.74) is 2.09. The second-order valence-electron chi connectivity index (χ2n) is 7.08.